The van der Waals surface area contributed by atoms with Gasteiger partial charge in [-0.25, -0.2) is 0 Å². The van der Waals surface area contributed by atoms with Gasteiger partial charge in [0.1, 0.15) is 6.79 Å². The van der Waals surface area contributed by atoms with Crippen molar-refractivity contribution >= 4 is 0 Å². The summed E-state index contributed by atoms with van der Waals surface area (Å²) in [5.41, 5.74) is 0. The van der Waals surface area contributed by atoms with Gasteiger partial charge < -0.3 is 14.8 Å². The molecule has 9 heavy (non-hydrogen) atoms. The molecule has 0 aromatic carbocycles. The van der Waals surface area contributed by atoms with Gasteiger partial charge in [0, 0.05) is 0 Å². The fourth-order valence-corrected chi connectivity index (χ4v) is 0.844. The van der Waals surface area contributed by atoms with E-state index in [2.05, 4.69) is 5.32 Å². The zero-order chi connectivity index (χ0) is 6.53. The Morgan fingerprint density at radius 2 is 2.56 bits per heavy atom. The highest BCUT2D eigenvalue weighted by molar-refractivity contribution is 4.60. The van der Waals surface area contributed by atoms with Gasteiger partial charge in [0.2, 0.25) is 0 Å². The summed E-state index contributed by atoms with van der Waals surface area (Å²) in [5, 5.41) is 3.06. The highest BCUT2D eigenvalue weighted by Crippen LogP contribution is 2.05. The number of hydrogen-bond acceptors (Lipinski definition) is 3. The van der Waals surface area contributed by atoms with Crippen molar-refractivity contribution in [1.29, 1.82) is 0 Å². The van der Waals surface area contributed by atoms with E-state index in [-0.39, 0.29) is 0 Å². The first-order chi connectivity index (χ1) is 4.43. The van der Waals surface area contributed by atoms with E-state index in [4.69, 9.17) is 9.47 Å². The van der Waals surface area contributed by atoms with Crippen LogP contribution in [0.2, 0.25) is 0 Å². The summed E-state index contributed by atoms with van der Waals surface area (Å²) >= 11 is 0. The molecule has 1 aliphatic heterocycles. The van der Waals surface area contributed by atoms with Gasteiger partial charge in [-0.1, -0.05) is 0 Å². The molecule has 1 fully saturated rings. The number of nitrogens with one attached hydrogen (secondary N) is 1. The molecule has 0 aromatic heterocycles. The highest BCUT2D eigenvalue weighted by atomic mass is 16.7. The Kier molecular flexibility index (Phi) is 2.97. The third-order valence-corrected chi connectivity index (χ3v) is 1.41. The third kappa shape index (κ3) is 2.30. The molecule has 1 unspecified atom stereocenters. The van der Waals surface area contributed by atoms with Crippen LogP contribution < -0.4 is 5.32 Å². The highest BCUT2D eigenvalue weighted by Gasteiger charge is 2.14. The van der Waals surface area contributed by atoms with E-state index in [9.17, 15) is 0 Å². The topological polar surface area (TPSA) is 30.5 Å². The minimum absolute atomic E-state index is 0.331. The Labute approximate surface area is 55.3 Å². The van der Waals surface area contributed by atoms with Crippen molar-refractivity contribution in [1.82, 2.24) is 5.32 Å². The monoisotopic (exact) mass is 131 g/mol. The van der Waals surface area contributed by atoms with E-state index in [1.54, 1.807) is 0 Å². The van der Waals surface area contributed by atoms with Gasteiger partial charge in [-0.2, -0.15) is 0 Å². The van der Waals surface area contributed by atoms with Crippen LogP contribution in [0.15, 0.2) is 0 Å². The zero-order valence-corrected chi connectivity index (χ0v) is 5.72. The van der Waals surface area contributed by atoms with Crippen LogP contribution in [0.3, 0.4) is 0 Å². The Morgan fingerprint density at radius 1 is 1.67 bits per heavy atom. The number of rotatable bonds is 3. The molecule has 0 bridgehead atoms. The molecular formula is C6H13NO2. The Morgan fingerprint density at radius 3 is 3.11 bits per heavy atom. The number of hydrogen-bond donors (Lipinski definition) is 1. The van der Waals surface area contributed by atoms with Crippen LogP contribution >= 0.6 is 0 Å². The predicted octanol–water partition coefficient (Wildman–Crippen LogP) is -0.0312. The van der Waals surface area contributed by atoms with E-state index in [0.717, 1.165) is 19.6 Å². The average Bonchev–Trinajstić information content (AvgIpc) is 2.34. The molecule has 3 nitrogen and oxygen atoms in total. The van der Waals surface area contributed by atoms with Gasteiger partial charge in [-0.05, 0) is 20.0 Å². The summed E-state index contributed by atoms with van der Waals surface area (Å²) in [5.74, 6) is 0. The number of ether oxygens (including phenoxy) is 2. The fourth-order valence-electron chi connectivity index (χ4n) is 0.844. The summed E-state index contributed by atoms with van der Waals surface area (Å²) in [6, 6.07) is 0. The van der Waals surface area contributed by atoms with Crippen molar-refractivity contribution in [3.05, 3.63) is 0 Å². The second-order valence-corrected chi connectivity index (χ2v) is 2.17. The van der Waals surface area contributed by atoms with Crippen LogP contribution in [-0.4, -0.2) is 33.1 Å². The lowest BCUT2D eigenvalue weighted by Crippen LogP contribution is -2.18. The van der Waals surface area contributed by atoms with Gasteiger partial charge in [-0.3, -0.25) is 0 Å². The van der Waals surface area contributed by atoms with E-state index in [0.29, 0.717) is 12.9 Å². The van der Waals surface area contributed by atoms with Crippen molar-refractivity contribution in [2.75, 3.05) is 27.0 Å². The van der Waals surface area contributed by atoms with Crippen molar-refractivity contribution < 1.29 is 9.47 Å². The van der Waals surface area contributed by atoms with Crippen LogP contribution in [0.4, 0.5) is 0 Å². The maximum Gasteiger partial charge on any atom is 0.147 e. The summed E-state index contributed by atoms with van der Waals surface area (Å²) in [7, 11) is 1.94. The zero-order valence-electron chi connectivity index (χ0n) is 5.72. The molecule has 0 spiro atoms. The standard InChI is InChI=1S/C6H13NO2/c1-7-3-2-6-4-8-5-9-6/h6-7H,2-5H2,1H3. The van der Waals surface area contributed by atoms with Crippen molar-refractivity contribution in [3.63, 3.8) is 0 Å². The van der Waals surface area contributed by atoms with Gasteiger partial charge in [0.05, 0.1) is 12.7 Å². The third-order valence-electron chi connectivity index (χ3n) is 1.41. The van der Waals surface area contributed by atoms with Crippen molar-refractivity contribution in [3.8, 4) is 0 Å². The van der Waals surface area contributed by atoms with Gasteiger partial charge in [0.25, 0.3) is 0 Å². The second kappa shape index (κ2) is 3.82. The molecule has 0 aliphatic carbocycles. The minimum atomic E-state index is 0.331. The summed E-state index contributed by atoms with van der Waals surface area (Å²) in [6.45, 7) is 2.25. The van der Waals surface area contributed by atoms with E-state index < -0.39 is 0 Å². The molecule has 1 rings (SSSR count). The van der Waals surface area contributed by atoms with E-state index in [1.807, 2.05) is 7.05 Å². The largest absolute Gasteiger partial charge is 0.353 e. The van der Waals surface area contributed by atoms with Crippen LogP contribution in [0, 0.1) is 0 Å². The summed E-state index contributed by atoms with van der Waals surface area (Å²) < 4.78 is 10.2. The van der Waals surface area contributed by atoms with E-state index >= 15 is 0 Å². The Hall–Kier alpha value is -0.120. The molecule has 1 atom stereocenters. The van der Waals surface area contributed by atoms with Gasteiger partial charge in [-0.15, -0.1) is 0 Å². The summed E-state index contributed by atoms with van der Waals surface area (Å²) in [4.78, 5) is 0. The predicted molar refractivity (Wildman–Crippen MR) is 34.2 cm³/mol. The molecule has 1 heterocycles. The molecule has 3 heteroatoms. The first kappa shape index (κ1) is 6.99. The molecule has 1 saturated heterocycles. The molecular weight excluding hydrogens is 118 g/mol. The molecule has 0 saturated carbocycles. The maximum atomic E-state index is 5.19. The SMILES string of the molecule is CNCCC1COCO1. The molecule has 54 valence electrons. The first-order valence-electron chi connectivity index (χ1n) is 3.27. The lowest BCUT2D eigenvalue weighted by atomic mass is 10.3. The lowest BCUT2D eigenvalue weighted by Gasteiger charge is -2.04. The molecule has 0 radical (unpaired) electrons. The molecule has 0 amide bonds. The molecule has 1 N–H and O–H groups in total. The van der Waals surface area contributed by atoms with Crippen LogP contribution in [0.5, 0.6) is 0 Å². The minimum Gasteiger partial charge on any atom is -0.353 e. The lowest BCUT2D eigenvalue weighted by molar-refractivity contribution is 0.0449. The van der Waals surface area contributed by atoms with Crippen molar-refractivity contribution in [2.45, 2.75) is 12.5 Å². The quantitative estimate of drug-likeness (QED) is 0.583. The first-order valence-corrected chi connectivity index (χ1v) is 3.27. The fraction of sp³-hybridized carbons (Fsp3) is 1.00. The van der Waals surface area contributed by atoms with Crippen LogP contribution in [-0.2, 0) is 9.47 Å². The van der Waals surface area contributed by atoms with Crippen molar-refractivity contribution in [2.24, 2.45) is 0 Å². The Balaban J connectivity index is 1.98. The molecule has 0 aromatic rings. The smallest absolute Gasteiger partial charge is 0.147 e. The Bertz CT molecular complexity index is 71.5. The van der Waals surface area contributed by atoms with Gasteiger partial charge >= 0.3 is 0 Å². The van der Waals surface area contributed by atoms with Crippen LogP contribution in [0.1, 0.15) is 6.42 Å². The second-order valence-electron chi connectivity index (χ2n) is 2.17. The van der Waals surface area contributed by atoms with Crippen LogP contribution in [0.25, 0.3) is 0 Å². The molecule has 1 aliphatic rings. The van der Waals surface area contributed by atoms with E-state index in [1.165, 1.54) is 0 Å². The van der Waals surface area contributed by atoms with Gasteiger partial charge in [0.15, 0.2) is 0 Å². The summed E-state index contributed by atoms with van der Waals surface area (Å²) in [6.07, 6.45) is 1.38. The normalized spacial score (nSPS) is 27.0. The average molecular weight is 131 g/mol. The maximum absolute atomic E-state index is 5.19.